The Morgan fingerprint density at radius 2 is 1.92 bits per heavy atom. The molecule has 0 unspecified atom stereocenters. The number of carboxylic acid groups (broad SMARTS) is 1. The number of carboxylic acids is 1. The summed E-state index contributed by atoms with van der Waals surface area (Å²) in [5.74, 6) is -0.310. The number of carbonyl (C=O) groups excluding carboxylic acids is 1. The first-order valence-electron chi connectivity index (χ1n) is 13.9. The Morgan fingerprint density at radius 3 is 2.69 bits per heavy atom. The zero-order chi connectivity index (χ0) is 27.6. The smallest absolute Gasteiger partial charge is 0.307 e. The third-order valence-corrected chi connectivity index (χ3v) is 8.28. The van der Waals surface area contributed by atoms with Gasteiger partial charge in [0.15, 0.2) is 0 Å². The highest BCUT2D eigenvalue weighted by atomic mass is 19.1. The molecular formula is C30H37FN4O4. The Bertz CT molecular complexity index is 1380. The number of amides is 1. The minimum Gasteiger partial charge on any atom is -0.493 e. The molecule has 208 valence electrons. The van der Waals surface area contributed by atoms with Crippen LogP contribution in [0.2, 0.25) is 0 Å². The van der Waals surface area contributed by atoms with Crippen molar-refractivity contribution < 1.29 is 23.8 Å². The average molecular weight is 537 g/mol. The molecule has 9 heteroatoms. The fourth-order valence-electron chi connectivity index (χ4n) is 5.88. The summed E-state index contributed by atoms with van der Waals surface area (Å²) in [7, 11) is 0. The van der Waals surface area contributed by atoms with Crippen LogP contribution in [-0.4, -0.2) is 46.1 Å². The first-order valence-corrected chi connectivity index (χ1v) is 13.9. The maximum atomic E-state index is 14.0. The number of rotatable bonds is 2. The topological polar surface area (TPSA) is 96.2 Å². The van der Waals surface area contributed by atoms with Gasteiger partial charge < -0.3 is 20.1 Å². The molecule has 2 N–H and O–H groups in total. The normalized spacial score (nSPS) is 18.4. The third kappa shape index (κ3) is 6.02. The number of halogens is 1. The lowest BCUT2D eigenvalue weighted by Gasteiger charge is -2.41. The number of hydrogen-bond acceptors (Lipinski definition) is 5. The predicted octanol–water partition coefficient (Wildman–Crippen LogP) is 5.29. The highest BCUT2D eigenvalue weighted by Crippen LogP contribution is 2.39. The molecule has 3 aliphatic rings. The van der Waals surface area contributed by atoms with Gasteiger partial charge in [-0.05, 0) is 67.9 Å². The highest BCUT2D eigenvalue weighted by molar-refractivity contribution is 5.93. The van der Waals surface area contributed by atoms with Crippen LogP contribution in [0.5, 0.6) is 5.75 Å². The molecule has 6 rings (SSSR count). The van der Waals surface area contributed by atoms with Crippen LogP contribution in [-0.2, 0) is 17.8 Å². The number of imidazole rings is 1. The van der Waals surface area contributed by atoms with Gasteiger partial charge in [-0.25, -0.2) is 9.37 Å². The van der Waals surface area contributed by atoms with E-state index in [0.717, 1.165) is 75.0 Å². The fraction of sp³-hybridized carbons (Fsp3) is 0.500. The number of piperidine rings is 1. The molecular weight excluding hydrogens is 499 g/mol. The molecule has 1 saturated heterocycles. The number of anilines is 1. The Kier molecular flexibility index (Phi) is 7.77. The summed E-state index contributed by atoms with van der Waals surface area (Å²) < 4.78 is 21.8. The Morgan fingerprint density at radius 1 is 1.15 bits per heavy atom. The molecule has 4 bridgehead atoms. The molecule has 5 heterocycles. The van der Waals surface area contributed by atoms with Gasteiger partial charge in [0, 0.05) is 37.0 Å². The molecule has 3 aliphatic heterocycles. The van der Waals surface area contributed by atoms with Crippen LogP contribution < -0.4 is 15.0 Å². The van der Waals surface area contributed by atoms with Crippen molar-refractivity contribution in [3.05, 3.63) is 58.7 Å². The van der Waals surface area contributed by atoms with Gasteiger partial charge in [0.2, 0.25) is 0 Å². The molecule has 2 aromatic heterocycles. The molecule has 3 aromatic rings. The average Bonchev–Trinajstić information content (AvgIpc) is 3.31. The van der Waals surface area contributed by atoms with Crippen molar-refractivity contribution >= 4 is 23.3 Å². The fourth-order valence-corrected chi connectivity index (χ4v) is 5.88. The molecule has 0 spiro atoms. The van der Waals surface area contributed by atoms with E-state index in [1.165, 1.54) is 12.1 Å². The summed E-state index contributed by atoms with van der Waals surface area (Å²) in [6.45, 7) is 6.54. The van der Waals surface area contributed by atoms with Gasteiger partial charge in [-0.2, -0.15) is 0 Å². The van der Waals surface area contributed by atoms with Gasteiger partial charge in [-0.3, -0.25) is 14.0 Å². The van der Waals surface area contributed by atoms with Crippen LogP contribution in [0, 0.1) is 18.2 Å². The molecule has 1 amide bonds. The van der Waals surface area contributed by atoms with Crippen LogP contribution in [0.15, 0.2) is 30.5 Å². The van der Waals surface area contributed by atoms with E-state index in [-0.39, 0.29) is 24.1 Å². The van der Waals surface area contributed by atoms with E-state index >= 15 is 0 Å². The standard InChI is InChI=1S/C30H37FN4O4/c1-20-15-26-33-24-19-35(26)29(23(20)17-27(36)37)34-12-10-30(2,11-13-34)9-5-3-4-6-14-39-25-8-7-22(31)16-21(25)18-32-28(24)38/h7-8,15-16,19H,3-6,9-14,17-18H2,1-2H3,(H,32,38)(H,36,37). The van der Waals surface area contributed by atoms with Crippen LogP contribution in [0.3, 0.4) is 0 Å². The Hall–Kier alpha value is -3.62. The van der Waals surface area contributed by atoms with E-state index in [1.807, 2.05) is 17.4 Å². The second-order valence-electron chi connectivity index (χ2n) is 11.3. The molecule has 0 aliphatic carbocycles. The van der Waals surface area contributed by atoms with E-state index in [9.17, 15) is 19.1 Å². The van der Waals surface area contributed by atoms with Gasteiger partial charge in [0.05, 0.1) is 13.0 Å². The number of benzene rings is 1. The van der Waals surface area contributed by atoms with Gasteiger partial charge in [-0.1, -0.05) is 26.2 Å². The summed E-state index contributed by atoms with van der Waals surface area (Å²) in [5, 5.41) is 12.5. The maximum Gasteiger partial charge on any atom is 0.307 e. The van der Waals surface area contributed by atoms with Gasteiger partial charge in [-0.15, -0.1) is 0 Å². The molecule has 0 radical (unpaired) electrons. The molecule has 1 aromatic carbocycles. The third-order valence-electron chi connectivity index (χ3n) is 8.28. The summed E-state index contributed by atoms with van der Waals surface area (Å²) in [6.07, 6.45) is 9.05. The lowest BCUT2D eigenvalue weighted by molar-refractivity contribution is -0.136. The van der Waals surface area contributed by atoms with Crippen molar-refractivity contribution in [2.75, 3.05) is 24.6 Å². The van der Waals surface area contributed by atoms with Crippen molar-refractivity contribution in [2.45, 2.75) is 71.8 Å². The van der Waals surface area contributed by atoms with E-state index in [2.05, 4.69) is 22.1 Å². The lowest BCUT2D eigenvalue weighted by atomic mass is 9.76. The Labute approximate surface area is 228 Å². The second-order valence-corrected chi connectivity index (χ2v) is 11.3. The van der Waals surface area contributed by atoms with Crippen LogP contribution in [0.4, 0.5) is 10.2 Å². The number of hydrogen-bond donors (Lipinski definition) is 2. The van der Waals surface area contributed by atoms with E-state index in [1.54, 1.807) is 12.3 Å². The minimum atomic E-state index is -0.895. The number of aromatic nitrogens is 2. The molecule has 1 fully saturated rings. The van der Waals surface area contributed by atoms with Gasteiger partial charge in [0.25, 0.3) is 5.91 Å². The monoisotopic (exact) mass is 536 g/mol. The largest absolute Gasteiger partial charge is 0.493 e. The highest BCUT2D eigenvalue weighted by Gasteiger charge is 2.32. The number of ether oxygens (including phenoxy) is 1. The number of fused-ring (bicyclic) bond motifs is 10. The predicted molar refractivity (Wildman–Crippen MR) is 147 cm³/mol. The summed E-state index contributed by atoms with van der Waals surface area (Å²) >= 11 is 0. The summed E-state index contributed by atoms with van der Waals surface area (Å²) in [6, 6.07) is 6.19. The van der Waals surface area contributed by atoms with E-state index < -0.39 is 17.7 Å². The number of aliphatic carboxylic acids is 1. The summed E-state index contributed by atoms with van der Waals surface area (Å²) in [4.78, 5) is 31.8. The first kappa shape index (κ1) is 27.0. The molecule has 0 atom stereocenters. The zero-order valence-electron chi connectivity index (χ0n) is 22.8. The minimum absolute atomic E-state index is 0.0979. The Balaban J connectivity index is 1.52. The number of pyridine rings is 1. The van der Waals surface area contributed by atoms with Crippen LogP contribution in [0.25, 0.3) is 5.65 Å². The van der Waals surface area contributed by atoms with Gasteiger partial charge >= 0.3 is 5.97 Å². The number of aryl methyl sites for hydroxylation is 1. The SMILES string of the molecule is Cc1cc2nc3cn2c(c1CC(=O)O)N1CCC(C)(CCCCCCOc2ccc(F)cc2CNC3=O)CC1. The maximum absolute atomic E-state index is 14.0. The first-order chi connectivity index (χ1) is 18.7. The van der Waals surface area contributed by atoms with Crippen molar-refractivity contribution in [1.82, 2.24) is 14.7 Å². The van der Waals surface area contributed by atoms with Crippen molar-refractivity contribution in [1.29, 1.82) is 0 Å². The van der Waals surface area contributed by atoms with Crippen LogP contribution >= 0.6 is 0 Å². The van der Waals surface area contributed by atoms with E-state index in [4.69, 9.17) is 4.74 Å². The lowest BCUT2D eigenvalue weighted by Crippen LogP contribution is -2.40. The van der Waals surface area contributed by atoms with Crippen molar-refractivity contribution in [3.63, 3.8) is 0 Å². The van der Waals surface area contributed by atoms with E-state index in [0.29, 0.717) is 23.6 Å². The molecule has 0 saturated carbocycles. The second kappa shape index (κ2) is 11.2. The zero-order valence-corrected chi connectivity index (χ0v) is 22.8. The number of carbonyl (C=O) groups is 2. The molecule has 8 nitrogen and oxygen atoms in total. The summed E-state index contributed by atoms with van der Waals surface area (Å²) in [5.41, 5.74) is 3.21. The quantitative estimate of drug-likeness (QED) is 0.462. The van der Waals surface area contributed by atoms with Gasteiger partial charge in [0.1, 0.15) is 28.7 Å². The van der Waals surface area contributed by atoms with Crippen LogP contribution in [0.1, 0.15) is 79.0 Å². The number of nitrogens with one attached hydrogen (secondary N) is 1. The number of nitrogens with zero attached hydrogens (tertiary/aromatic N) is 3. The molecule has 39 heavy (non-hydrogen) atoms. The van der Waals surface area contributed by atoms with Crippen molar-refractivity contribution in [2.24, 2.45) is 5.41 Å². The van der Waals surface area contributed by atoms with Crippen molar-refractivity contribution in [3.8, 4) is 5.75 Å².